The van der Waals surface area contributed by atoms with E-state index in [1.165, 1.54) is 17.8 Å². The molecule has 11 heteroatoms. The lowest BCUT2D eigenvalue weighted by Crippen LogP contribution is -2.38. The molecule has 2 amide bonds. The number of anilines is 1. The molecule has 2 heterocycles. The summed E-state index contributed by atoms with van der Waals surface area (Å²) in [5.41, 5.74) is 0.189. The first-order valence-corrected chi connectivity index (χ1v) is 12.1. The Morgan fingerprint density at radius 3 is 2.67 bits per heavy atom. The number of halogens is 1. The zero-order valence-electron chi connectivity index (χ0n) is 17.1. The van der Waals surface area contributed by atoms with Crippen molar-refractivity contribution >= 4 is 44.5 Å². The van der Waals surface area contributed by atoms with Crippen molar-refractivity contribution in [3.05, 3.63) is 29.6 Å². The third-order valence-corrected chi connectivity index (χ3v) is 7.71. The third-order valence-electron chi connectivity index (χ3n) is 4.50. The Hall–Kier alpha value is -2.14. The third kappa shape index (κ3) is 5.31. The van der Waals surface area contributed by atoms with Gasteiger partial charge in [0.25, 0.3) is 5.91 Å². The number of nitrogens with one attached hydrogen (secondary N) is 1. The van der Waals surface area contributed by atoms with Gasteiger partial charge in [0.15, 0.2) is 15.0 Å². The fourth-order valence-corrected chi connectivity index (χ4v) is 7.14. The molecule has 2 saturated heterocycles. The first kappa shape index (κ1) is 22.5. The predicted octanol–water partition coefficient (Wildman–Crippen LogP) is 2.26. The van der Waals surface area contributed by atoms with Crippen molar-refractivity contribution in [2.24, 2.45) is 4.99 Å². The Bertz CT molecular complexity index is 1000. The van der Waals surface area contributed by atoms with E-state index in [0.717, 1.165) is 0 Å². The van der Waals surface area contributed by atoms with Crippen LogP contribution >= 0.6 is 11.8 Å². The van der Waals surface area contributed by atoms with Crippen molar-refractivity contribution in [2.45, 2.75) is 44.6 Å². The Morgan fingerprint density at radius 1 is 1.33 bits per heavy atom. The molecule has 0 aromatic heterocycles. The molecule has 3 rings (SSSR count). The summed E-state index contributed by atoms with van der Waals surface area (Å²) in [4.78, 5) is 29.7. The number of ether oxygens (including phenoxy) is 1. The molecular weight excluding hydrogens is 433 g/mol. The summed E-state index contributed by atoms with van der Waals surface area (Å²) < 4.78 is 43.4. The lowest BCUT2D eigenvalue weighted by Gasteiger charge is -2.24. The van der Waals surface area contributed by atoms with Gasteiger partial charge in [0.2, 0.25) is 0 Å². The van der Waals surface area contributed by atoms with Crippen LogP contribution in [-0.4, -0.2) is 60.5 Å². The molecule has 0 radical (unpaired) electrons. The SMILES string of the molecule is Cc1ccc(N2C(=NC(=O)CNC(=O)OC(C)(C)C)S[C@H]3CS(=O)(=O)C[C@@H]32)cc1F. The maximum atomic E-state index is 14.1. The molecule has 2 aliphatic rings. The molecule has 2 atom stereocenters. The van der Waals surface area contributed by atoms with E-state index in [2.05, 4.69) is 10.3 Å². The van der Waals surface area contributed by atoms with Crippen LogP contribution in [0.2, 0.25) is 0 Å². The molecule has 30 heavy (non-hydrogen) atoms. The Morgan fingerprint density at radius 2 is 2.03 bits per heavy atom. The van der Waals surface area contributed by atoms with Crippen molar-refractivity contribution in [1.82, 2.24) is 5.32 Å². The number of amidine groups is 1. The van der Waals surface area contributed by atoms with Gasteiger partial charge in [-0.3, -0.25) is 4.79 Å². The number of carbonyl (C=O) groups is 2. The summed E-state index contributed by atoms with van der Waals surface area (Å²) in [5.74, 6) is -1.18. The smallest absolute Gasteiger partial charge is 0.408 e. The second-order valence-electron chi connectivity index (χ2n) is 8.25. The molecule has 1 aromatic carbocycles. The monoisotopic (exact) mass is 457 g/mol. The zero-order chi connectivity index (χ0) is 22.3. The second-order valence-corrected chi connectivity index (χ2v) is 11.6. The second kappa shape index (κ2) is 8.18. The van der Waals surface area contributed by atoms with Crippen LogP contribution in [0, 0.1) is 12.7 Å². The maximum Gasteiger partial charge on any atom is 0.408 e. The fourth-order valence-electron chi connectivity index (χ4n) is 3.21. The van der Waals surface area contributed by atoms with E-state index >= 15 is 0 Å². The summed E-state index contributed by atoms with van der Waals surface area (Å²) in [6.07, 6.45) is -0.740. The summed E-state index contributed by atoms with van der Waals surface area (Å²) in [5, 5.41) is 2.34. The van der Waals surface area contributed by atoms with Gasteiger partial charge < -0.3 is 15.0 Å². The summed E-state index contributed by atoms with van der Waals surface area (Å²) in [6.45, 7) is 6.36. The number of benzene rings is 1. The number of fused-ring (bicyclic) bond motifs is 1. The quantitative estimate of drug-likeness (QED) is 0.742. The number of aliphatic imine (C=N–C) groups is 1. The normalized spacial score (nSPS) is 24.0. The Kier molecular flexibility index (Phi) is 6.15. The number of hydrogen-bond acceptors (Lipinski definition) is 6. The van der Waals surface area contributed by atoms with Gasteiger partial charge in [0, 0.05) is 10.9 Å². The first-order valence-electron chi connectivity index (χ1n) is 9.35. The standard InChI is InChI=1S/C19H24FN3O5S2/c1-11-5-6-12(7-13(11)20)23-14-9-30(26,27)10-15(14)29-17(23)22-16(24)8-21-18(25)28-19(2,3)4/h5-7,14-15H,8-10H2,1-4H3,(H,21,25)/t14-,15-/m0/s1. The van der Waals surface area contributed by atoms with E-state index < -0.39 is 39.3 Å². The molecule has 1 N–H and O–H groups in total. The lowest BCUT2D eigenvalue weighted by atomic mass is 10.1. The highest BCUT2D eigenvalue weighted by atomic mass is 32.2. The van der Waals surface area contributed by atoms with Gasteiger partial charge >= 0.3 is 6.09 Å². The number of nitrogens with zero attached hydrogens (tertiary/aromatic N) is 2. The molecule has 0 unspecified atom stereocenters. The highest BCUT2D eigenvalue weighted by Crippen LogP contribution is 2.41. The average Bonchev–Trinajstić information content (AvgIpc) is 3.05. The predicted molar refractivity (Wildman–Crippen MR) is 114 cm³/mol. The molecule has 0 aliphatic carbocycles. The first-order chi connectivity index (χ1) is 13.8. The number of thioether (sulfide) groups is 1. The van der Waals surface area contributed by atoms with E-state index in [1.54, 1.807) is 44.7 Å². The van der Waals surface area contributed by atoms with Crippen LogP contribution in [0.5, 0.6) is 0 Å². The van der Waals surface area contributed by atoms with Crippen LogP contribution in [0.4, 0.5) is 14.9 Å². The lowest BCUT2D eigenvalue weighted by molar-refractivity contribution is -0.117. The molecule has 1 aromatic rings. The van der Waals surface area contributed by atoms with Gasteiger partial charge in [-0.1, -0.05) is 17.8 Å². The average molecular weight is 458 g/mol. The fraction of sp³-hybridized carbons (Fsp3) is 0.526. The highest BCUT2D eigenvalue weighted by molar-refractivity contribution is 8.16. The van der Waals surface area contributed by atoms with Gasteiger partial charge in [0.05, 0.1) is 17.5 Å². The molecule has 164 valence electrons. The number of sulfone groups is 1. The van der Waals surface area contributed by atoms with E-state index in [0.29, 0.717) is 16.4 Å². The summed E-state index contributed by atoms with van der Waals surface area (Å²) in [6, 6.07) is 4.13. The maximum absolute atomic E-state index is 14.1. The van der Waals surface area contributed by atoms with Gasteiger partial charge in [-0.2, -0.15) is 4.99 Å². The largest absolute Gasteiger partial charge is 0.444 e. The van der Waals surface area contributed by atoms with Crippen LogP contribution in [0.25, 0.3) is 0 Å². The molecule has 0 spiro atoms. The summed E-state index contributed by atoms with van der Waals surface area (Å²) in [7, 11) is -3.23. The minimum atomic E-state index is -3.23. The Balaban J connectivity index is 1.80. The summed E-state index contributed by atoms with van der Waals surface area (Å²) >= 11 is 1.18. The van der Waals surface area contributed by atoms with Gasteiger partial charge in [-0.15, -0.1) is 0 Å². The van der Waals surface area contributed by atoms with Gasteiger partial charge in [-0.05, 0) is 45.4 Å². The van der Waals surface area contributed by atoms with E-state index in [9.17, 15) is 22.4 Å². The number of hydrogen-bond donors (Lipinski definition) is 1. The minimum absolute atomic E-state index is 0.0312. The van der Waals surface area contributed by atoms with Gasteiger partial charge in [-0.25, -0.2) is 17.6 Å². The number of alkyl carbamates (subject to hydrolysis) is 1. The molecule has 2 aliphatic heterocycles. The van der Waals surface area contributed by atoms with E-state index in [4.69, 9.17) is 4.74 Å². The topological polar surface area (TPSA) is 105 Å². The van der Waals surface area contributed by atoms with Crippen molar-refractivity contribution in [2.75, 3.05) is 23.0 Å². The van der Waals surface area contributed by atoms with Crippen molar-refractivity contribution < 1.29 is 27.1 Å². The van der Waals surface area contributed by atoms with E-state index in [-0.39, 0.29) is 23.3 Å². The van der Waals surface area contributed by atoms with Gasteiger partial charge in [0.1, 0.15) is 18.0 Å². The minimum Gasteiger partial charge on any atom is -0.444 e. The molecule has 0 saturated carbocycles. The number of carbonyl (C=O) groups excluding carboxylic acids is 2. The molecule has 2 fully saturated rings. The van der Waals surface area contributed by atoms with Crippen LogP contribution in [-0.2, 0) is 19.4 Å². The Labute approximate surface area is 179 Å². The highest BCUT2D eigenvalue weighted by Gasteiger charge is 2.49. The number of rotatable bonds is 3. The van der Waals surface area contributed by atoms with Crippen molar-refractivity contribution in [3.8, 4) is 0 Å². The zero-order valence-corrected chi connectivity index (χ0v) is 18.8. The van der Waals surface area contributed by atoms with Crippen molar-refractivity contribution in [3.63, 3.8) is 0 Å². The molecule has 8 nitrogen and oxygen atoms in total. The number of aryl methyl sites for hydroxylation is 1. The molecule has 0 bridgehead atoms. The van der Waals surface area contributed by atoms with Crippen LogP contribution in [0.1, 0.15) is 26.3 Å². The number of amides is 2. The molecular formula is C19H24FN3O5S2. The van der Waals surface area contributed by atoms with Crippen LogP contribution in [0.15, 0.2) is 23.2 Å². The van der Waals surface area contributed by atoms with Crippen LogP contribution < -0.4 is 10.2 Å². The van der Waals surface area contributed by atoms with E-state index in [1.807, 2.05) is 0 Å². The van der Waals surface area contributed by atoms with Crippen LogP contribution in [0.3, 0.4) is 0 Å². The van der Waals surface area contributed by atoms with Crippen molar-refractivity contribution in [1.29, 1.82) is 0 Å².